The van der Waals surface area contributed by atoms with Crippen molar-refractivity contribution < 1.29 is 17.9 Å². The standard InChI is InChI=1S/C25H27N3O4S2/c1-19-6-12-22(13-7-19)34(30,31)27-23-4-2-3-5-24(23)33-18-25(29)26-20-8-10-21(11-9-20)28-14-16-32-17-15-28/h2-13,27H,14-18H2,1H3,(H,26,29). The fraction of sp³-hybridized carbons (Fsp3) is 0.240. The maximum absolute atomic E-state index is 12.8. The maximum Gasteiger partial charge on any atom is 0.261 e. The Bertz CT molecular complexity index is 1220. The van der Waals surface area contributed by atoms with Crippen molar-refractivity contribution in [3.8, 4) is 0 Å². The molecular formula is C25H27N3O4S2. The number of anilines is 3. The van der Waals surface area contributed by atoms with E-state index in [0.717, 1.165) is 43.2 Å². The Kier molecular flexibility index (Phi) is 7.77. The zero-order valence-corrected chi connectivity index (χ0v) is 20.5. The third-order valence-corrected chi connectivity index (χ3v) is 7.80. The van der Waals surface area contributed by atoms with Crippen molar-refractivity contribution in [1.82, 2.24) is 0 Å². The van der Waals surface area contributed by atoms with Gasteiger partial charge in [-0.05, 0) is 55.5 Å². The molecule has 0 atom stereocenters. The van der Waals surface area contributed by atoms with Gasteiger partial charge in [-0.3, -0.25) is 9.52 Å². The number of carbonyl (C=O) groups excluding carboxylic acids is 1. The Morgan fingerprint density at radius 3 is 2.35 bits per heavy atom. The van der Waals surface area contributed by atoms with Crippen molar-refractivity contribution in [2.24, 2.45) is 0 Å². The molecule has 1 heterocycles. The average Bonchev–Trinajstić information content (AvgIpc) is 2.84. The molecule has 1 aliphatic rings. The highest BCUT2D eigenvalue weighted by atomic mass is 32.2. The van der Waals surface area contributed by atoms with Crippen molar-refractivity contribution in [2.45, 2.75) is 16.7 Å². The normalized spacial score (nSPS) is 14.0. The van der Waals surface area contributed by atoms with Crippen molar-refractivity contribution in [3.63, 3.8) is 0 Å². The number of rotatable bonds is 8. The number of aryl methyl sites for hydroxylation is 1. The Hall–Kier alpha value is -3.01. The van der Waals surface area contributed by atoms with Crippen molar-refractivity contribution in [1.29, 1.82) is 0 Å². The first-order chi connectivity index (χ1) is 16.4. The fourth-order valence-electron chi connectivity index (χ4n) is 3.52. The summed E-state index contributed by atoms with van der Waals surface area (Å²) in [6.07, 6.45) is 0. The molecule has 34 heavy (non-hydrogen) atoms. The predicted molar refractivity (Wildman–Crippen MR) is 137 cm³/mol. The third-order valence-electron chi connectivity index (χ3n) is 5.35. The van der Waals surface area contributed by atoms with E-state index in [9.17, 15) is 13.2 Å². The van der Waals surface area contributed by atoms with Crippen LogP contribution in [0.25, 0.3) is 0 Å². The van der Waals surface area contributed by atoms with Crippen molar-refractivity contribution in [2.75, 3.05) is 47.0 Å². The van der Waals surface area contributed by atoms with Crippen LogP contribution in [0, 0.1) is 6.92 Å². The predicted octanol–water partition coefficient (Wildman–Crippen LogP) is 4.36. The van der Waals surface area contributed by atoms with Crippen molar-refractivity contribution in [3.05, 3.63) is 78.4 Å². The van der Waals surface area contributed by atoms with Gasteiger partial charge < -0.3 is 15.0 Å². The first-order valence-electron chi connectivity index (χ1n) is 10.9. The summed E-state index contributed by atoms with van der Waals surface area (Å²) >= 11 is 1.28. The fourth-order valence-corrected chi connectivity index (χ4v) is 5.47. The first-order valence-corrected chi connectivity index (χ1v) is 13.4. The molecule has 0 radical (unpaired) electrons. The molecule has 1 aliphatic heterocycles. The Morgan fingerprint density at radius 2 is 1.65 bits per heavy atom. The minimum Gasteiger partial charge on any atom is -0.378 e. The summed E-state index contributed by atoms with van der Waals surface area (Å²) in [6, 6.07) is 21.5. The molecule has 0 aromatic heterocycles. The molecule has 3 aromatic rings. The number of carbonyl (C=O) groups is 1. The molecule has 0 aliphatic carbocycles. The molecule has 0 saturated carbocycles. The van der Waals surface area contributed by atoms with Gasteiger partial charge in [-0.1, -0.05) is 29.8 Å². The highest BCUT2D eigenvalue weighted by Gasteiger charge is 2.17. The zero-order chi connectivity index (χ0) is 24.0. The largest absolute Gasteiger partial charge is 0.378 e. The molecule has 4 rings (SSSR count). The number of para-hydroxylation sites is 1. The lowest BCUT2D eigenvalue weighted by atomic mass is 10.2. The minimum absolute atomic E-state index is 0.147. The highest BCUT2D eigenvalue weighted by Crippen LogP contribution is 2.29. The minimum atomic E-state index is -3.73. The first kappa shape index (κ1) is 24.1. The van der Waals surface area contributed by atoms with Crippen LogP contribution >= 0.6 is 11.8 Å². The van der Waals surface area contributed by atoms with Gasteiger partial charge in [0.25, 0.3) is 10.0 Å². The van der Waals surface area contributed by atoms with Gasteiger partial charge in [-0.15, -0.1) is 11.8 Å². The molecule has 0 unspecified atom stereocenters. The second-order valence-corrected chi connectivity index (χ2v) is 10.6. The smallest absolute Gasteiger partial charge is 0.261 e. The van der Waals surface area contributed by atoms with Crippen LogP contribution in [0.1, 0.15) is 5.56 Å². The number of amides is 1. The van der Waals surface area contributed by atoms with E-state index in [1.54, 1.807) is 42.5 Å². The summed E-state index contributed by atoms with van der Waals surface area (Å²) in [7, 11) is -3.73. The van der Waals surface area contributed by atoms with E-state index in [-0.39, 0.29) is 16.6 Å². The molecule has 1 saturated heterocycles. The van der Waals surface area contributed by atoms with Crippen LogP contribution in [0.3, 0.4) is 0 Å². The third kappa shape index (κ3) is 6.31. The highest BCUT2D eigenvalue weighted by molar-refractivity contribution is 8.00. The van der Waals surface area contributed by atoms with Gasteiger partial charge in [0, 0.05) is 29.4 Å². The lowest BCUT2D eigenvalue weighted by Gasteiger charge is -2.28. The van der Waals surface area contributed by atoms with Crippen LogP contribution in [0.15, 0.2) is 82.6 Å². The van der Waals surface area contributed by atoms with Crippen LogP contribution in [0.5, 0.6) is 0 Å². The number of thioether (sulfide) groups is 1. The average molecular weight is 498 g/mol. The number of sulfonamides is 1. The molecule has 3 aromatic carbocycles. The Labute approximate surface area is 204 Å². The van der Waals surface area contributed by atoms with Crippen molar-refractivity contribution >= 4 is 44.8 Å². The number of hydrogen-bond donors (Lipinski definition) is 2. The van der Waals surface area contributed by atoms with Crippen LogP contribution < -0.4 is 14.9 Å². The quantitative estimate of drug-likeness (QED) is 0.450. The summed E-state index contributed by atoms with van der Waals surface area (Å²) in [5.41, 5.74) is 3.24. The second-order valence-electron chi connectivity index (χ2n) is 7.90. The number of nitrogens with zero attached hydrogens (tertiary/aromatic N) is 1. The molecule has 9 heteroatoms. The van der Waals surface area contributed by atoms with Gasteiger partial charge in [0.2, 0.25) is 5.91 Å². The van der Waals surface area contributed by atoms with Gasteiger partial charge in [-0.25, -0.2) is 8.42 Å². The van der Waals surface area contributed by atoms with Gasteiger partial charge in [0.05, 0.1) is 29.5 Å². The second kappa shape index (κ2) is 10.9. The summed E-state index contributed by atoms with van der Waals surface area (Å²) in [6.45, 7) is 5.06. The van der Waals surface area contributed by atoms with Crippen LogP contribution in [0.2, 0.25) is 0 Å². The van der Waals surface area contributed by atoms with E-state index >= 15 is 0 Å². The summed E-state index contributed by atoms with van der Waals surface area (Å²) < 4.78 is 33.6. The van der Waals surface area contributed by atoms with Crippen LogP contribution in [-0.2, 0) is 19.6 Å². The molecule has 178 valence electrons. The molecule has 0 bridgehead atoms. The summed E-state index contributed by atoms with van der Waals surface area (Å²) in [4.78, 5) is 15.6. The lowest BCUT2D eigenvalue weighted by molar-refractivity contribution is -0.113. The number of nitrogens with one attached hydrogen (secondary N) is 2. The number of morpholine rings is 1. The number of benzene rings is 3. The molecule has 1 amide bonds. The molecule has 2 N–H and O–H groups in total. The van der Waals surface area contributed by atoms with E-state index in [0.29, 0.717) is 10.6 Å². The molecular weight excluding hydrogens is 470 g/mol. The van der Waals surface area contributed by atoms with E-state index in [4.69, 9.17) is 4.74 Å². The number of ether oxygens (including phenoxy) is 1. The topological polar surface area (TPSA) is 87.7 Å². The monoisotopic (exact) mass is 497 g/mol. The van der Waals surface area contributed by atoms with E-state index in [1.165, 1.54) is 11.8 Å². The van der Waals surface area contributed by atoms with Gasteiger partial charge in [-0.2, -0.15) is 0 Å². The summed E-state index contributed by atoms with van der Waals surface area (Å²) in [5, 5.41) is 2.90. The van der Waals surface area contributed by atoms with Crippen LogP contribution in [-0.4, -0.2) is 46.4 Å². The molecule has 7 nitrogen and oxygen atoms in total. The Morgan fingerprint density at radius 1 is 0.971 bits per heavy atom. The maximum atomic E-state index is 12.8. The Balaban J connectivity index is 1.35. The zero-order valence-electron chi connectivity index (χ0n) is 18.9. The molecule has 0 spiro atoms. The van der Waals surface area contributed by atoms with E-state index in [1.807, 2.05) is 37.3 Å². The SMILES string of the molecule is Cc1ccc(S(=O)(=O)Nc2ccccc2SCC(=O)Nc2ccc(N3CCOCC3)cc2)cc1. The van der Waals surface area contributed by atoms with E-state index in [2.05, 4.69) is 14.9 Å². The van der Waals surface area contributed by atoms with Gasteiger partial charge in [0.1, 0.15) is 0 Å². The van der Waals surface area contributed by atoms with Crippen LogP contribution in [0.4, 0.5) is 17.1 Å². The van der Waals surface area contributed by atoms with Gasteiger partial charge >= 0.3 is 0 Å². The lowest BCUT2D eigenvalue weighted by Crippen LogP contribution is -2.36. The summed E-state index contributed by atoms with van der Waals surface area (Å²) in [5.74, 6) is -0.0191. The van der Waals surface area contributed by atoms with Gasteiger partial charge in [0.15, 0.2) is 0 Å². The van der Waals surface area contributed by atoms with E-state index < -0.39 is 10.0 Å². The molecule has 1 fully saturated rings. The number of hydrogen-bond acceptors (Lipinski definition) is 6.